The van der Waals surface area contributed by atoms with Gasteiger partial charge >= 0.3 is 6.09 Å². The molecule has 1 aliphatic rings. The van der Waals surface area contributed by atoms with E-state index in [1.807, 2.05) is 37.3 Å². The molecule has 0 unspecified atom stereocenters. The van der Waals surface area contributed by atoms with Crippen LogP contribution in [0, 0.1) is 5.92 Å². The molecule has 0 aliphatic carbocycles. The minimum absolute atomic E-state index is 0.205. The van der Waals surface area contributed by atoms with Gasteiger partial charge in [-0.25, -0.2) is 4.79 Å². The molecule has 1 amide bonds. The summed E-state index contributed by atoms with van der Waals surface area (Å²) in [6, 6.07) is 9.77. The Labute approximate surface area is 120 Å². The molecule has 1 fully saturated rings. The van der Waals surface area contributed by atoms with E-state index in [-0.39, 0.29) is 6.09 Å². The zero-order valence-electron chi connectivity index (χ0n) is 12.1. The van der Waals surface area contributed by atoms with Crippen molar-refractivity contribution in [3.8, 4) is 0 Å². The van der Waals surface area contributed by atoms with E-state index < -0.39 is 0 Å². The Morgan fingerprint density at radius 2 is 1.95 bits per heavy atom. The predicted octanol–water partition coefficient (Wildman–Crippen LogP) is 3.07. The lowest BCUT2D eigenvalue weighted by molar-refractivity contribution is 0.0566. The van der Waals surface area contributed by atoms with Crippen LogP contribution in [-0.2, 0) is 16.1 Å². The summed E-state index contributed by atoms with van der Waals surface area (Å²) in [6.07, 6.45) is 1.80. The second kappa shape index (κ2) is 7.90. The second-order valence-corrected chi connectivity index (χ2v) is 5.13. The van der Waals surface area contributed by atoms with Gasteiger partial charge in [-0.2, -0.15) is 0 Å². The van der Waals surface area contributed by atoms with E-state index in [1.54, 1.807) is 4.90 Å². The molecule has 0 saturated carbocycles. The first kappa shape index (κ1) is 14.9. The van der Waals surface area contributed by atoms with Crippen molar-refractivity contribution in [3.05, 3.63) is 35.9 Å². The molecule has 1 saturated heterocycles. The number of ether oxygens (including phenoxy) is 2. The van der Waals surface area contributed by atoms with Crippen LogP contribution in [0.2, 0.25) is 0 Å². The summed E-state index contributed by atoms with van der Waals surface area (Å²) in [5, 5.41) is 0. The Hall–Kier alpha value is -1.55. The van der Waals surface area contributed by atoms with Crippen molar-refractivity contribution >= 4 is 6.09 Å². The lowest BCUT2D eigenvalue weighted by Crippen LogP contribution is -2.39. The van der Waals surface area contributed by atoms with Gasteiger partial charge in [0, 0.05) is 26.3 Å². The van der Waals surface area contributed by atoms with Crippen molar-refractivity contribution in [2.45, 2.75) is 26.4 Å². The van der Waals surface area contributed by atoms with E-state index in [9.17, 15) is 4.79 Å². The first-order valence-corrected chi connectivity index (χ1v) is 7.33. The standard InChI is InChI=1S/C16H23NO3/c1-2-19-12-15-8-10-17(11-9-15)16(18)20-13-14-6-4-3-5-7-14/h3-7,15H,2,8-13H2,1H3. The van der Waals surface area contributed by atoms with Gasteiger partial charge in [0.1, 0.15) is 6.61 Å². The van der Waals surface area contributed by atoms with Crippen molar-refractivity contribution in [2.75, 3.05) is 26.3 Å². The lowest BCUT2D eigenvalue weighted by atomic mass is 9.98. The smallest absolute Gasteiger partial charge is 0.410 e. The molecule has 1 aromatic rings. The Balaban J connectivity index is 1.69. The van der Waals surface area contributed by atoms with Crippen LogP contribution in [0.4, 0.5) is 4.79 Å². The second-order valence-electron chi connectivity index (χ2n) is 5.13. The molecule has 4 nitrogen and oxygen atoms in total. The van der Waals surface area contributed by atoms with Gasteiger partial charge in [0.15, 0.2) is 0 Å². The third kappa shape index (κ3) is 4.53. The number of benzene rings is 1. The predicted molar refractivity (Wildman–Crippen MR) is 77.4 cm³/mol. The SMILES string of the molecule is CCOCC1CCN(C(=O)OCc2ccccc2)CC1. The quantitative estimate of drug-likeness (QED) is 0.830. The maximum Gasteiger partial charge on any atom is 0.410 e. The van der Waals surface area contributed by atoms with Crippen LogP contribution in [0.5, 0.6) is 0 Å². The Kier molecular flexibility index (Phi) is 5.87. The number of nitrogens with zero attached hydrogens (tertiary/aromatic N) is 1. The highest BCUT2D eigenvalue weighted by molar-refractivity contribution is 5.67. The summed E-state index contributed by atoms with van der Waals surface area (Å²) in [6.45, 7) is 5.47. The molecule has 4 heteroatoms. The molecule has 2 rings (SSSR count). The lowest BCUT2D eigenvalue weighted by Gasteiger charge is -2.31. The van der Waals surface area contributed by atoms with Gasteiger partial charge in [-0.1, -0.05) is 30.3 Å². The van der Waals surface area contributed by atoms with Gasteiger partial charge in [-0.3, -0.25) is 0 Å². The van der Waals surface area contributed by atoms with Gasteiger partial charge in [0.25, 0.3) is 0 Å². The monoisotopic (exact) mass is 277 g/mol. The maximum atomic E-state index is 12.0. The van der Waals surface area contributed by atoms with Crippen LogP contribution >= 0.6 is 0 Å². The summed E-state index contributed by atoms with van der Waals surface area (Å²) in [5.74, 6) is 0.577. The zero-order valence-corrected chi connectivity index (χ0v) is 12.1. The third-order valence-electron chi connectivity index (χ3n) is 3.64. The molecule has 1 aliphatic heterocycles. The van der Waals surface area contributed by atoms with Gasteiger partial charge in [-0.05, 0) is 31.2 Å². The molecule has 1 aromatic carbocycles. The van der Waals surface area contributed by atoms with Gasteiger partial charge in [-0.15, -0.1) is 0 Å². The summed E-state index contributed by atoms with van der Waals surface area (Å²) in [5.41, 5.74) is 1.02. The Morgan fingerprint density at radius 1 is 1.25 bits per heavy atom. The minimum atomic E-state index is -0.205. The molecular weight excluding hydrogens is 254 g/mol. The molecule has 0 spiro atoms. The number of hydrogen-bond acceptors (Lipinski definition) is 3. The molecule has 110 valence electrons. The summed E-state index contributed by atoms with van der Waals surface area (Å²) in [7, 11) is 0. The van der Waals surface area contributed by atoms with Gasteiger partial charge < -0.3 is 14.4 Å². The average molecular weight is 277 g/mol. The highest BCUT2D eigenvalue weighted by atomic mass is 16.6. The molecule has 0 atom stereocenters. The number of piperidine rings is 1. The minimum Gasteiger partial charge on any atom is -0.445 e. The van der Waals surface area contributed by atoms with Crippen molar-refractivity contribution in [3.63, 3.8) is 0 Å². The van der Waals surface area contributed by atoms with E-state index in [0.717, 1.165) is 44.7 Å². The van der Waals surface area contributed by atoms with Crippen LogP contribution in [0.15, 0.2) is 30.3 Å². The number of rotatable bonds is 5. The van der Waals surface area contributed by atoms with Crippen LogP contribution in [-0.4, -0.2) is 37.3 Å². The highest BCUT2D eigenvalue weighted by Crippen LogP contribution is 2.18. The van der Waals surface area contributed by atoms with E-state index >= 15 is 0 Å². The molecular formula is C16H23NO3. The molecule has 0 aromatic heterocycles. The molecule has 0 radical (unpaired) electrons. The van der Waals surface area contributed by atoms with Crippen LogP contribution in [0.25, 0.3) is 0 Å². The van der Waals surface area contributed by atoms with E-state index in [1.165, 1.54) is 0 Å². The van der Waals surface area contributed by atoms with Crippen LogP contribution < -0.4 is 0 Å². The van der Waals surface area contributed by atoms with Crippen molar-refractivity contribution in [1.29, 1.82) is 0 Å². The fourth-order valence-electron chi connectivity index (χ4n) is 2.38. The van der Waals surface area contributed by atoms with E-state index in [0.29, 0.717) is 12.5 Å². The summed E-state index contributed by atoms with van der Waals surface area (Å²) in [4.78, 5) is 13.8. The molecule has 0 bridgehead atoms. The average Bonchev–Trinajstić information content (AvgIpc) is 2.52. The number of amides is 1. The van der Waals surface area contributed by atoms with E-state index in [4.69, 9.17) is 9.47 Å². The van der Waals surface area contributed by atoms with Gasteiger partial charge in [0.2, 0.25) is 0 Å². The first-order valence-electron chi connectivity index (χ1n) is 7.33. The number of carbonyl (C=O) groups is 1. The number of hydrogen-bond donors (Lipinski definition) is 0. The molecule has 20 heavy (non-hydrogen) atoms. The summed E-state index contributed by atoms with van der Waals surface area (Å²) >= 11 is 0. The van der Waals surface area contributed by atoms with Crippen molar-refractivity contribution in [1.82, 2.24) is 4.90 Å². The molecule has 0 N–H and O–H groups in total. The Morgan fingerprint density at radius 3 is 2.60 bits per heavy atom. The van der Waals surface area contributed by atoms with Crippen molar-refractivity contribution in [2.24, 2.45) is 5.92 Å². The fraction of sp³-hybridized carbons (Fsp3) is 0.562. The van der Waals surface area contributed by atoms with Crippen LogP contribution in [0.1, 0.15) is 25.3 Å². The number of carbonyl (C=O) groups excluding carboxylic acids is 1. The Bertz CT molecular complexity index is 399. The highest BCUT2D eigenvalue weighted by Gasteiger charge is 2.23. The largest absolute Gasteiger partial charge is 0.445 e. The van der Waals surface area contributed by atoms with E-state index in [2.05, 4.69) is 0 Å². The summed E-state index contributed by atoms with van der Waals surface area (Å²) < 4.78 is 10.8. The normalized spacial score (nSPS) is 16.1. The van der Waals surface area contributed by atoms with Gasteiger partial charge in [0.05, 0.1) is 0 Å². The zero-order chi connectivity index (χ0) is 14.2. The topological polar surface area (TPSA) is 38.8 Å². The van der Waals surface area contributed by atoms with Crippen LogP contribution in [0.3, 0.4) is 0 Å². The first-order chi connectivity index (χ1) is 9.79. The van der Waals surface area contributed by atoms with Crippen molar-refractivity contribution < 1.29 is 14.3 Å². The fourth-order valence-corrected chi connectivity index (χ4v) is 2.38. The molecule has 1 heterocycles. The maximum absolute atomic E-state index is 12.0. The third-order valence-corrected chi connectivity index (χ3v) is 3.64. The number of likely N-dealkylation sites (tertiary alicyclic amines) is 1.